The Morgan fingerprint density at radius 1 is 1.30 bits per heavy atom. The number of nitrogens with one attached hydrogen (secondary N) is 1. The van der Waals surface area contributed by atoms with Gasteiger partial charge in [0.15, 0.2) is 0 Å². The van der Waals surface area contributed by atoms with Crippen molar-refractivity contribution in [3.8, 4) is 0 Å². The number of aliphatic hydroxyl groups is 1. The second-order valence-electron chi connectivity index (χ2n) is 4.43. The summed E-state index contributed by atoms with van der Waals surface area (Å²) < 4.78 is 26.8. The Morgan fingerprint density at radius 3 is 2.75 bits per heavy atom. The number of pyridine rings is 1. The summed E-state index contributed by atoms with van der Waals surface area (Å²) in [4.78, 5) is 4.07. The van der Waals surface area contributed by atoms with Gasteiger partial charge in [-0.1, -0.05) is 18.2 Å². The first-order valence-corrected chi connectivity index (χ1v) is 7.64. The maximum absolute atomic E-state index is 12.2. The molecule has 0 radical (unpaired) electrons. The van der Waals surface area contributed by atoms with E-state index in [1.807, 2.05) is 0 Å². The van der Waals surface area contributed by atoms with E-state index in [1.165, 1.54) is 12.1 Å². The lowest BCUT2D eigenvalue weighted by Gasteiger charge is -2.09. The van der Waals surface area contributed by atoms with Gasteiger partial charge in [-0.25, -0.2) is 13.1 Å². The minimum absolute atomic E-state index is 0.139. The van der Waals surface area contributed by atoms with Gasteiger partial charge in [0.05, 0.1) is 11.0 Å². The molecule has 0 saturated heterocycles. The molecular weight excluding hydrogens is 276 g/mol. The third-order valence-electron chi connectivity index (χ3n) is 2.84. The van der Waals surface area contributed by atoms with Crippen LogP contribution in [0.2, 0.25) is 0 Å². The summed E-state index contributed by atoms with van der Waals surface area (Å²) in [6.45, 7) is 1.77. The number of aromatic nitrogens is 1. The zero-order valence-corrected chi connectivity index (χ0v) is 11.8. The maximum Gasteiger partial charge on any atom is 0.240 e. The predicted molar refractivity (Wildman–Crippen MR) is 75.3 cm³/mol. The van der Waals surface area contributed by atoms with Crippen LogP contribution in [0, 0.1) is 0 Å². The fraction of sp³-hybridized carbons (Fsp3) is 0.214. The first-order valence-electron chi connectivity index (χ1n) is 6.15. The van der Waals surface area contributed by atoms with Gasteiger partial charge in [-0.3, -0.25) is 4.98 Å². The maximum atomic E-state index is 12.2. The van der Waals surface area contributed by atoms with Gasteiger partial charge in [-0.2, -0.15) is 0 Å². The summed E-state index contributed by atoms with van der Waals surface area (Å²) in [5.41, 5.74) is 1.34. The van der Waals surface area contributed by atoms with Gasteiger partial charge in [0.1, 0.15) is 0 Å². The number of sulfonamides is 1. The number of benzene rings is 1. The summed E-state index contributed by atoms with van der Waals surface area (Å²) in [7, 11) is -3.60. The first-order chi connectivity index (χ1) is 9.49. The van der Waals surface area contributed by atoms with Crippen LogP contribution in [0.3, 0.4) is 0 Å². The van der Waals surface area contributed by atoms with Gasteiger partial charge in [-0.15, -0.1) is 0 Å². The molecule has 1 aromatic heterocycles. The van der Waals surface area contributed by atoms with Gasteiger partial charge >= 0.3 is 0 Å². The summed E-state index contributed by atoms with van der Waals surface area (Å²) >= 11 is 0. The van der Waals surface area contributed by atoms with E-state index in [2.05, 4.69) is 9.71 Å². The van der Waals surface area contributed by atoms with E-state index in [0.717, 1.165) is 5.56 Å². The van der Waals surface area contributed by atoms with Crippen LogP contribution in [0.1, 0.15) is 24.2 Å². The molecule has 0 fully saturated rings. The largest absolute Gasteiger partial charge is 0.389 e. The molecule has 0 spiro atoms. The summed E-state index contributed by atoms with van der Waals surface area (Å²) in [5, 5.41) is 9.50. The minimum atomic E-state index is -3.60. The number of nitrogens with zero attached hydrogens (tertiary/aromatic N) is 1. The van der Waals surface area contributed by atoms with E-state index in [4.69, 9.17) is 0 Å². The zero-order chi connectivity index (χ0) is 14.6. The topological polar surface area (TPSA) is 79.3 Å². The van der Waals surface area contributed by atoms with Crippen LogP contribution < -0.4 is 4.72 Å². The highest BCUT2D eigenvalue weighted by molar-refractivity contribution is 7.89. The van der Waals surface area contributed by atoms with Crippen molar-refractivity contribution in [2.24, 2.45) is 0 Å². The fourth-order valence-electron chi connectivity index (χ4n) is 1.71. The van der Waals surface area contributed by atoms with Crippen LogP contribution in [0.15, 0.2) is 53.7 Å². The van der Waals surface area contributed by atoms with Gasteiger partial charge in [0, 0.05) is 18.9 Å². The van der Waals surface area contributed by atoms with Crippen LogP contribution >= 0.6 is 0 Å². The monoisotopic (exact) mass is 292 g/mol. The Hall–Kier alpha value is -1.76. The van der Waals surface area contributed by atoms with E-state index in [0.29, 0.717) is 5.56 Å². The quantitative estimate of drug-likeness (QED) is 0.877. The summed E-state index contributed by atoms with van der Waals surface area (Å²) in [6, 6.07) is 9.80. The molecule has 1 heterocycles. The fourth-order valence-corrected chi connectivity index (χ4v) is 2.78. The van der Waals surface area contributed by atoms with E-state index in [9.17, 15) is 13.5 Å². The number of rotatable bonds is 5. The van der Waals surface area contributed by atoms with Crippen molar-refractivity contribution in [1.82, 2.24) is 9.71 Å². The van der Waals surface area contributed by atoms with Gasteiger partial charge in [0.2, 0.25) is 10.0 Å². The second-order valence-corrected chi connectivity index (χ2v) is 6.20. The van der Waals surface area contributed by atoms with Crippen LogP contribution in [0.4, 0.5) is 0 Å². The Morgan fingerprint density at radius 2 is 2.10 bits per heavy atom. The molecular formula is C14H16N2O3S. The van der Waals surface area contributed by atoms with Crippen molar-refractivity contribution >= 4 is 10.0 Å². The molecule has 0 aliphatic rings. The molecule has 2 aromatic rings. The van der Waals surface area contributed by atoms with Crippen molar-refractivity contribution in [1.29, 1.82) is 0 Å². The number of hydrogen-bond donors (Lipinski definition) is 2. The molecule has 0 aliphatic heterocycles. The van der Waals surface area contributed by atoms with E-state index in [-0.39, 0.29) is 11.4 Å². The molecule has 1 aromatic carbocycles. The second kappa shape index (κ2) is 6.13. The third kappa shape index (κ3) is 3.63. The molecule has 20 heavy (non-hydrogen) atoms. The van der Waals surface area contributed by atoms with Crippen LogP contribution in [0.25, 0.3) is 0 Å². The predicted octanol–water partition coefficient (Wildman–Crippen LogP) is 1.61. The lowest BCUT2D eigenvalue weighted by atomic mass is 10.1. The average Bonchev–Trinajstić information content (AvgIpc) is 2.46. The Balaban J connectivity index is 2.16. The molecule has 0 amide bonds. The van der Waals surface area contributed by atoms with Crippen LogP contribution in [-0.4, -0.2) is 18.5 Å². The van der Waals surface area contributed by atoms with Gasteiger partial charge < -0.3 is 5.11 Å². The Bertz CT molecular complexity index is 670. The van der Waals surface area contributed by atoms with E-state index < -0.39 is 16.1 Å². The molecule has 0 saturated carbocycles. The molecule has 2 rings (SSSR count). The highest BCUT2D eigenvalue weighted by Gasteiger charge is 2.15. The summed E-state index contributed by atoms with van der Waals surface area (Å²) in [6.07, 6.45) is 2.53. The third-order valence-corrected chi connectivity index (χ3v) is 4.24. The molecule has 5 nitrogen and oxygen atoms in total. The van der Waals surface area contributed by atoms with Crippen molar-refractivity contribution in [3.05, 3.63) is 59.9 Å². The van der Waals surface area contributed by atoms with Crippen LogP contribution in [-0.2, 0) is 16.6 Å². The highest BCUT2D eigenvalue weighted by atomic mass is 32.2. The van der Waals surface area contributed by atoms with Crippen molar-refractivity contribution in [3.63, 3.8) is 0 Å². The lowest BCUT2D eigenvalue weighted by Crippen LogP contribution is -2.23. The van der Waals surface area contributed by atoms with Crippen molar-refractivity contribution in [2.45, 2.75) is 24.5 Å². The van der Waals surface area contributed by atoms with E-state index >= 15 is 0 Å². The normalized spacial score (nSPS) is 13.1. The smallest absolute Gasteiger partial charge is 0.240 e. The molecule has 0 aliphatic carbocycles. The van der Waals surface area contributed by atoms with E-state index in [1.54, 1.807) is 43.6 Å². The molecule has 1 unspecified atom stereocenters. The Labute approximate surface area is 118 Å². The highest BCUT2D eigenvalue weighted by Crippen LogP contribution is 2.17. The first kappa shape index (κ1) is 14.6. The van der Waals surface area contributed by atoms with Crippen molar-refractivity contribution < 1.29 is 13.5 Å². The molecule has 1 atom stereocenters. The van der Waals surface area contributed by atoms with Gasteiger partial charge in [0.25, 0.3) is 0 Å². The lowest BCUT2D eigenvalue weighted by molar-refractivity contribution is 0.199. The molecule has 0 bridgehead atoms. The summed E-state index contributed by atoms with van der Waals surface area (Å²) in [5.74, 6) is 0. The minimum Gasteiger partial charge on any atom is -0.389 e. The number of hydrogen-bond acceptors (Lipinski definition) is 4. The number of aliphatic hydroxyl groups excluding tert-OH is 1. The van der Waals surface area contributed by atoms with Crippen molar-refractivity contribution in [2.75, 3.05) is 0 Å². The molecule has 6 heteroatoms. The van der Waals surface area contributed by atoms with Crippen LogP contribution in [0.5, 0.6) is 0 Å². The molecule has 2 N–H and O–H groups in total. The zero-order valence-electron chi connectivity index (χ0n) is 11.0. The SMILES string of the molecule is CC(O)c1cccc(S(=O)(=O)NCc2cccnc2)c1. The van der Waals surface area contributed by atoms with Gasteiger partial charge in [-0.05, 0) is 36.2 Å². The Kier molecular flexibility index (Phi) is 4.49. The standard InChI is InChI=1S/C14H16N2O3S/c1-11(17)13-5-2-6-14(8-13)20(18,19)16-10-12-4-3-7-15-9-12/h2-9,11,16-17H,10H2,1H3. The molecule has 106 valence electrons. The average molecular weight is 292 g/mol.